The smallest absolute Gasteiger partial charge is 0.158 e. The minimum absolute atomic E-state index is 0.138. The van der Waals surface area contributed by atoms with Gasteiger partial charge in [-0.25, -0.2) is 14.4 Å². The van der Waals surface area contributed by atoms with Crippen molar-refractivity contribution < 1.29 is 13.9 Å². The fourth-order valence-electron chi connectivity index (χ4n) is 2.81. The van der Waals surface area contributed by atoms with Gasteiger partial charge in [0.05, 0.1) is 18.5 Å². The van der Waals surface area contributed by atoms with E-state index in [9.17, 15) is 9.18 Å². The highest BCUT2D eigenvalue weighted by atomic mass is 19.1. The minimum Gasteiger partial charge on any atom is -0.489 e. The molecule has 0 radical (unpaired) electrons. The van der Waals surface area contributed by atoms with Crippen LogP contribution in [0.5, 0.6) is 5.75 Å². The topological polar surface area (TPSA) is 52.1 Å². The molecule has 5 heteroatoms. The van der Waals surface area contributed by atoms with E-state index in [1.54, 1.807) is 12.3 Å². The van der Waals surface area contributed by atoms with Crippen molar-refractivity contribution >= 4 is 6.29 Å². The molecule has 1 saturated carbocycles. The molecular formula is C17H17FN2O2. The van der Waals surface area contributed by atoms with Crippen LogP contribution in [0.15, 0.2) is 30.5 Å². The predicted octanol–water partition coefficient (Wildman–Crippen LogP) is 2.77. The summed E-state index contributed by atoms with van der Waals surface area (Å²) in [6.07, 6.45) is 3.23. The number of carbonyl (C=O) groups excluding carboxylic acids is 1. The molecule has 0 N–H and O–H groups in total. The van der Waals surface area contributed by atoms with Gasteiger partial charge in [0.2, 0.25) is 0 Å². The Labute approximate surface area is 128 Å². The van der Waals surface area contributed by atoms with Crippen molar-refractivity contribution in [3.05, 3.63) is 53.4 Å². The van der Waals surface area contributed by atoms with Crippen LogP contribution >= 0.6 is 0 Å². The first-order valence-corrected chi connectivity index (χ1v) is 7.19. The number of carbonyl (C=O) groups is 1. The summed E-state index contributed by atoms with van der Waals surface area (Å²) in [5.41, 5.74) is 1.11. The summed E-state index contributed by atoms with van der Waals surface area (Å²) in [5, 5.41) is 0. The van der Waals surface area contributed by atoms with Crippen molar-refractivity contribution in [3.63, 3.8) is 0 Å². The molecule has 1 aromatic heterocycles. The van der Waals surface area contributed by atoms with Crippen LogP contribution in [0, 0.1) is 25.6 Å². The Hall–Kier alpha value is -2.30. The van der Waals surface area contributed by atoms with Gasteiger partial charge < -0.3 is 9.53 Å². The molecule has 1 aromatic carbocycles. The maximum Gasteiger partial charge on any atom is 0.158 e. The van der Waals surface area contributed by atoms with Gasteiger partial charge in [0.15, 0.2) is 5.75 Å². The van der Waals surface area contributed by atoms with Crippen LogP contribution in [0.3, 0.4) is 0 Å². The highest BCUT2D eigenvalue weighted by molar-refractivity contribution is 5.64. The molecule has 2 atom stereocenters. The van der Waals surface area contributed by atoms with E-state index in [4.69, 9.17) is 4.74 Å². The van der Waals surface area contributed by atoms with Gasteiger partial charge in [-0.05, 0) is 38.0 Å². The molecule has 0 amide bonds. The van der Waals surface area contributed by atoms with Crippen LogP contribution in [0.1, 0.15) is 23.5 Å². The normalized spacial score (nSPS) is 23.1. The van der Waals surface area contributed by atoms with Crippen LogP contribution in [0.25, 0.3) is 0 Å². The molecular weight excluding hydrogens is 283 g/mol. The Morgan fingerprint density at radius 1 is 1.45 bits per heavy atom. The van der Waals surface area contributed by atoms with Crippen molar-refractivity contribution in [3.8, 4) is 5.75 Å². The molecule has 0 aliphatic heterocycles. The van der Waals surface area contributed by atoms with Crippen molar-refractivity contribution in [2.45, 2.75) is 25.7 Å². The maximum absolute atomic E-state index is 13.5. The first kappa shape index (κ1) is 14.6. The highest BCUT2D eigenvalue weighted by Gasteiger charge is 2.56. The van der Waals surface area contributed by atoms with Crippen molar-refractivity contribution in [1.82, 2.24) is 9.97 Å². The zero-order valence-corrected chi connectivity index (χ0v) is 12.5. The molecule has 1 aliphatic rings. The number of aromatic nitrogens is 2. The quantitative estimate of drug-likeness (QED) is 0.797. The Kier molecular flexibility index (Phi) is 3.64. The molecule has 0 saturated heterocycles. The first-order chi connectivity index (χ1) is 10.5. The molecule has 22 heavy (non-hydrogen) atoms. The third-order valence-corrected chi connectivity index (χ3v) is 4.24. The number of halogens is 1. The van der Waals surface area contributed by atoms with E-state index in [0.29, 0.717) is 24.6 Å². The van der Waals surface area contributed by atoms with Crippen molar-refractivity contribution in [2.24, 2.45) is 5.92 Å². The summed E-state index contributed by atoms with van der Waals surface area (Å²) in [6, 6.07) is 6.38. The Balaban J connectivity index is 1.83. The molecule has 3 rings (SSSR count). The van der Waals surface area contributed by atoms with Gasteiger partial charge in [-0.1, -0.05) is 12.1 Å². The van der Waals surface area contributed by atoms with E-state index in [1.807, 2.05) is 19.9 Å². The van der Waals surface area contributed by atoms with E-state index in [1.165, 1.54) is 12.1 Å². The van der Waals surface area contributed by atoms with Crippen LogP contribution in [-0.4, -0.2) is 22.9 Å². The van der Waals surface area contributed by atoms with Gasteiger partial charge in [-0.2, -0.15) is 0 Å². The third kappa shape index (κ3) is 2.58. The number of aldehydes is 1. The van der Waals surface area contributed by atoms with Gasteiger partial charge in [0.1, 0.15) is 17.9 Å². The SMILES string of the molecule is Cc1ncc(OC[C@@]2(c3cccc(F)c3)C[C@H]2C=O)c(C)n1. The fourth-order valence-corrected chi connectivity index (χ4v) is 2.81. The number of benzene rings is 1. The lowest BCUT2D eigenvalue weighted by atomic mass is 9.94. The van der Waals surface area contributed by atoms with Gasteiger partial charge in [0.25, 0.3) is 0 Å². The zero-order valence-electron chi connectivity index (χ0n) is 12.5. The summed E-state index contributed by atoms with van der Waals surface area (Å²) in [7, 11) is 0. The summed E-state index contributed by atoms with van der Waals surface area (Å²) >= 11 is 0. The van der Waals surface area contributed by atoms with Gasteiger partial charge >= 0.3 is 0 Å². The second-order valence-corrected chi connectivity index (χ2v) is 5.77. The molecule has 114 valence electrons. The van der Waals surface area contributed by atoms with Crippen molar-refractivity contribution in [2.75, 3.05) is 6.61 Å². The first-order valence-electron chi connectivity index (χ1n) is 7.19. The van der Waals surface area contributed by atoms with Crippen LogP contribution in [0.2, 0.25) is 0 Å². The number of nitrogens with zero attached hydrogens (tertiary/aromatic N) is 2. The third-order valence-electron chi connectivity index (χ3n) is 4.24. The number of hydrogen-bond donors (Lipinski definition) is 0. The average molecular weight is 300 g/mol. The Morgan fingerprint density at radius 3 is 2.91 bits per heavy atom. The average Bonchev–Trinajstić information content (AvgIpc) is 3.21. The maximum atomic E-state index is 13.5. The Bertz CT molecular complexity index is 720. The molecule has 1 fully saturated rings. The van der Waals surface area contributed by atoms with Gasteiger partial charge in [0, 0.05) is 11.3 Å². The summed E-state index contributed by atoms with van der Waals surface area (Å²) < 4.78 is 19.3. The standard InChI is InChI=1S/C17H17FN2O2/c1-11-16(8-19-12(2)20-11)22-10-17(7-14(17)9-21)13-4-3-5-15(18)6-13/h3-6,8-9,14H,7,10H2,1-2H3/t14-,17+/m0/s1. The van der Waals surface area contributed by atoms with Crippen LogP contribution < -0.4 is 4.74 Å². The van der Waals surface area contributed by atoms with Gasteiger partial charge in [-0.15, -0.1) is 0 Å². The van der Waals surface area contributed by atoms with E-state index in [-0.39, 0.29) is 11.7 Å². The molecule has 0 bridgehead atoms. The summed E-state index contributed by atoms with van der Waals surface area (Å²) in [5.74, 6) is 0.837. The number of aryl methyl sites for hydroxylation is 2. The zero-order chi connectivity index (χ0) is 15.7. The van der Waals surface area contributed by atoms with Gasteiger partial charge in [-0.3, -0.25) is 0 Å². The number of ether oxygens (including phenoxy) is 1. The predicted molar refractivity (Wildman–Crippen MR) is 79.3 cm³/mol. The monoisotopic (exact) mass is 300 g/mol. The molecule has 1 aliphatic carbocycles. The number of hydrogen-bond acceptors (Lipinski definition) is 4. The number of rotatable bonds is 5. The van der Waals surface area contributed by atoms with E-state index < -0.39 is 5.41 Å². The lowest BCUT2D eigenvalue weighted by Gasteiger charge is -2.18. The minimum atomic E-state index is -0.443. The van der Waals surface area contributed by atoms with Crippen molar-refractivity contribution in [1.29, 1.82) is 0 Å². The van der Waals surface area contributed by atoms with E-state index >= 15 is 0 Å². The lowest BCUT2D eigenvalue weighted by Crippen LogP contribution is -2.21. The molecule has 0 unspecified atom stereocenters. The fraction of sp³-hybridized carbons (Fsp3) is 0.353. The van der Waals surface area contributed by atoms with E-state index in [2.05, 4.69) is 9.97 Å². The highest BCUT2D eigenvalue weighted by Crippen LogP contribution is 2.53. The lowest BCUT2D eigenvalue weighted by molar-refractivity contribution is -0.109. The molecule has 0 spiro atoms. The summed E-state index contributed by atoms with van der Waals surface area (Å²) in [4.78, 5) is 19.6. The molecule has 4 nitrogen and oxygen atoms in total. The van der Waals surface area contributed by atoms with Crippen LogP contribution in [-0.2, 0) is 10.2 Å². The Morgan fingerprint density at radius 2 is 2.27 bits per heavy atom. The molecule has 2 aromatic rings. The largest absolute Gasteiger partial charge is 0.489 e. The molecule has 1 heterocycles. The van der Waals surface area contributed by atoms with Crippen LogP contribution in [0.4, 0.5) is 4.39 Å². The summed E-state index contributed by atoms with van der Waals surface area (Å²) in [6.45, 7) is 3.98. The second kappa shape index (κ2) is 5.48. The second-order valence-electron chi connectivity index (χ2n) is 5.77. The van der Waals surface area contributed by atoms with E-state index in [0.717, 1.165) is 17.5 Å².